The molecule has 1 aromatic rings. The van der Waals surface area contributed by atoms with E-state index in [-0.39, 0.29) is 22.9 Å². The summed E-state index contributed by atoms with van der Waals surface area (Å²) in [6.45, 7) is 0. The van der Waals surface area contributed by atoms with Crippen molar-refractivity contribution < 1.29 is 14.3 Å². The minimum Gasteiger partial charge on any atom is -0.469 e. The molecule has 1 aliphatic heterocycles. The second-order valence-corrected chi connectivity index (χ2v) is 4.81. The van der Waals surface area contributed by atoms with Gasteiger partial charge in [-0.1, -0.05) is 30.0 Å². The summed E-state index contributed by atoms with van der Waals surface area (Å²) in [5.74, 6) is 0.145. The van der Waals surface area contributed by atoms with Crippen molar-refractivity contribution in [1.82, 2.24) is 5.32 Å². The number of esters is 1. The van der Waals surface area contributed by atoms with E-state index < -0.39 is 0 Å². The molecule has 0 aliphatic carbocycles. The number of carbonyl (C=O) groups excluding carboxylic acids is 2. The van der Waals surface area contributed by atoms with Crippen LogP contribution in [0.15, 0.2) is 35.3 Å². The summed E-state index contributed by atoms with van der Waals surface area (Å²) in [7, 11) is 1.32. The van der Waals surface area contributed by atoms with Crippen molar-refractivity contribution in [3.05, 3.63) is 30.3 Å². The number of thioether (sulfide) groups is 1. The Morgan fingerprint density at radius 1 is 1.44 bits per heavy atom. The number of methoxy groups -OCH3 is 1. The Kier molecular flexibility index (Phi) is 3.99. The standard InChI is InChI=1S/C12H12N2O3S/c1-17-10(15)7-9-11(14-12(16)18-9)13-8-5-3-2-4-6-8/h2-6,9H,7H2,1H3,(H,13,14,16)/t9-/m0/s1. The number of aliphatic imine (C=N–C) groups is 1. The number of para-hydroxylation sites is 1. The number of hydrogen-bond donors (Lipinski definition) is 1. The maximum Gasteiger partial charge on any atom is 0.307 e. The van der Waals surface area contributed by atoms with E-state index in [1.165, 1.54) is 7.11 Å². The molecule has 0 radical (unpaired) electrons. The van der Waals surface area contributed by atoms with E-state index in [2.05, 4.69) is 15.0 Å². The highest BCUT2D eigenvalue weighted by atomic mass is 32.2. The van der Waals surface area contributed by atoms with Gasteiger partial charge in [0.15, 0.2) is 0 Å². The van der Waals surface area contributed by atoms with Gasteiger partial charge in [-0.25, -0.2) is 4.99 Å². The van der Waals surface area contributed by atoms with Gasteiger partial charge in [0.25, 0.3) is 5.24 Å². The first-order valence-corrected chi connectivity index (χ1v) is 6.25. The van der Waals surface area contributed by atoms with E-state index in [1.54, 1.807) is 0 Å². The van der Waals surface area contributed by atoms with Crippen molar-refractivity contribution in [2.75, 3.05) is 7.11 Å². The Hall–Kier alpha value is -1.82. The maximum atomic E-state index is 11.3. The molecule has 0 aromatic heterocycles. The predicted octanol–water partition coefficient (Wildman–Crippen LogP) is 2.10. The van der Waals surface area contributed by atoms with Crippen LogP contribution in [-0.2, 0) is 9.53 Å². The first kappa shape index (κ1) is 12.6. The van der Waals surface area contributed by atoms with Crippen LogP contribution in [0.4, 0.5) is 10.5 Å². The van der Waals surface area contributed by atoms with Crippen molar-refractivity contribution in [2.45, 2.75) is 11.7 Å². The smallest absolute Gasteiger partial charge is 0.307 e. The van der Waals surface area contributed by atoms with E-state index in [0.717, 1.165) is 17.4 Å². The Morgan fingerprint density at radius 2 is 2.17 bits per heavy atom. The lowest BCUT2D eigenvalue weighted by atomic mass is 10.2. The molecule has 2 rings (SSSR count). The maximum absolute atomic E-state index is 11.3. The van der Waals surface area contributed by atoms with Crippen LogP contribution in [0.5, 0.6) is 0 Å². The molecule has 1 heterocycles. The average molecular weight is 264 g/mol. The molecule has 6 heteroatoms. The number of hydrogen-bond acceptors (Lipinski definition) is 5. The fourth-order valence-electron chi connectivity index (χ4n) is 1.51. The average Bonchev–Trinajstić information content (AvgIpc) is 2.70. The molecule has 0 spiro atoms. The minimum atomic E-state index is -0.357. The molecule has 1 saturated heterocycles. The first-order valence-electron chi connectivity index (χ1n) is 5.37. The normalized spacial score (nSPS) is 20.8. The Morgan fingerprint density at radius 3 is 2.83 bits per heavy atom. The zero-order valence-electron chi connectivity index (χ0n) is 9.75. The highest BCUT2D eigenvalue weighted by Gasteiger charge is 2.31. The Bertz CT molecular complexity index is 487. The highest BCUT2D eigenvalue weighted by Crippen LogP contribution is 2.25. The molecular formula is C12H12N2O3S. The van der Waals surface area contributed by atoms with E-state index in [1.807, 2.05) is 30.3 Å². The fraction of sp³-hybridized carbons (Fsp3) is 0.250. The lowest BCUT2D eigenvalue weighted by Gasteiger charge is -2.06. The first-order chi connectivity index (χ1) is 8.69. The number of amidine groups is 1. The van der Waals surface area contributed by atoms with Gasteiger partial charge in [0, 0.05) is 0 Å². The molecule has 94 valence electrons. The number of amides is 1. The molecule has 1 aromatic carbocycles. The Balaban J connectivity index is 2.17. The van der Waals surface area contributed by atoms with Crippen LogP contribution in [0, 0.1) is 0 Å². The van der Waals surface area contributed by atoms with Gasteiger partial charge in [-0.3, -0.25) is 9.59 Å². The number of ether oxygens (including phenoxy) is 1. The third-order valence-corrected chi connectivity index (χ3v) is 3.36. The molecule has 1 fully saturated rings. The van der Waals surface area contributed by atoms with Crippen molar-refractivity contribution in [2.24, 2.45) is 4.99 Å². The monoisotopic (exact) mass is 264 g/mol. The summed E-state index contributed by atoms with van der Waals surface area (Å²) in [5, 5.41) is 2.15. The van der Waals surface area contributed by atoms with Gasteiger partial charge in [-0.05, 0) is 12.1 Å². The van der Waals surface area contributed by atoms with E-state index >= 15 is 0 Å². The van der Waals surface area contributed by atoms with Crippen LogP contribution in [0.3, 0.4) is 0 Å². The largest absolute Gasteiger partial charge is 0.469 e. The van der Waals surface area contributed by atoms with Crippen LogP contribution >= 0.6 is 11.8 Å². The molecule has 5 nitrogen and oxygen atoms in total. The zero-order valence-corrected chi connectivity index (χ0v) is 10.6. The van der Waals surface area contributed by atoms with Gasteiger partial charge in [0.05, 0.1) is 24.5 Å². The third-order valence-electron chi connectivity index (χ3n) is 2.37. The molecule has 18 heavy (non-hydrogen) atoms. The zero-order chi connectivity index (χ0) is 13.0. The van der Waals surface area contributed by atoms with Crippen molar-refractivity contribution in [1.29, 1.82) is 0 Å². The van der Waals surface area contributed by atoms with Crippen LogP contribution in [-0.4, -0.2) is 29.4 Å². The summed E-state index contributed by atoms with van der Waals surface area (Å²) >= 11 is 1.05. The highest BCUT2D eigenvalue weighted by molar-refractivity contribution is 8.15. The number of rotatable bonds is 3. The summed E-state index contributed by atoms with van der Waals surface area (Å²) in [5.41, 5.74) is 0.741. The summed E-state index contributed by atoms with van der Waals surface area (Å²) < 4.78 is 4.60. The van der Waals surface area contributed by atoms with Crippen molar-refractivity contribution in [3.63, 3.8) is 0 Å². The number of carbonyl (C=O) groups is 2. The molecular weight excluding hydrogens is 252 g/mol. The number of benzene rings is 1. The van der Waals surface area contributed by atoms with Gasteiger partial charge >= 0.3 is 5.97 Å². The molecule has 0 unspecified atom stereocenters. The van der Waals surface area contributed by atoms with E-state index in [9.17, 15) is 9.59 Å². The second-order valence-electron chi connectivity index (χ2n) is 3.63. The third kappa shape index (κ3) is 3.10. The molecule has 1 amide bonds. The summed E-state index contributed by atoms with van der Waals surface area (Å²) in [6.07, 6.45) is 0.131. The Labute approximate surface area is 109 Å². The molecule has 1 atom stereocenters. The van der Waals surface area contributed by atoms with Crippen molar-refractivity contribution >= 4 is 34.5 Å². The lowest BCUT2D eigenvalue weighted by molar-refractivity contribution is -0.140. The molecule has 1 N–H and O–H groups in total. The fourth-order valence-corrected chi connectivity index (χ4v) is 2.38. The van der Waals surface area contributed by atoms with Crippen LogP contribution in [0.25, 0.3) is 0 Å². The summed E-state index contributed by atoms with van der Waals surface area (Å²) in [6, 6.07) is 9.27. The SMILES string of the molecule is COC(=O)C[C@@H]1SC(=O)NC1=Nc1ccccc1. The van der Waals surface area contributed by atoms with Crippen LogP contribution < -0.4 is 5.32 Å². The van der Waals surface area contributed by atoms with Crippen LogP contribution in [0.2, 0.25) is 0 Å². The van der Waals surface area contributed by atoms with Gasteiger partial charge in [-0.2, -0.15) is 0 Å². The van der Waals surface area contributed by atoms with Crippen LogP contribution in [0.1, 0.15) is 6.42 Å². The number of nitrogens with one attached hydrogen (secondary N) is 1. The van der Waals surface area contributed by atoms with E-state index in [4.69, 9.17) is 0 Å². The molecule has 0 saturated carbocycles. The second kappa shape index (κ2) is 5.68. The molecule has 0 bridgehead atoms. The summed E-state index contributed by atoms with van der Waals surface area (Å²) in [4.78, 5) is 26.9. The topological polar surface area (TPSA) is 67.8 Å². The van der Waals surface area contributed by atoms with Gasteiger partial charge in [0.1, 0.15) is 5.84 Å². The van der Waals surface area contributed by atoms with Gasteiger partial charge < -0.3 is 10.1 Å². The van der Waals surface area contributed by atoms with Gasteiger partial charge in [0.2, 0.25) is 0 Å². The lowest BCUT2D eigenvalue weighted by Crippen LogP contribution is -2.26. The minimum absolute atomic E-state index is 0.131. The van der Waals surface area contributed by atoms with Crippen molar-refractivity contribution in [3.8, 4) is 0 Å². The van der Waals surface area contributed by atoms with Gasteiger partial charge in [-0.15, -0.1) is 0 Å². The van der Waals surface area contributed by atoms with E-state index in [0.29, 0.717) is 5.84 Å². The quantitative estimate of drug-likeness (QED) is 0.849. The number of nitrogens with zero attached hydrogens (tertiary/aromatic N) is 1. The predicted molar refractivity (Wildman–Crippen MR) is 70.1 cm³/mol. The molecule has 1 aliphatic rings.